The summed E-state index contributed by atoms with van der Waals surface area (Å²) < 4.78 is 24.3. The predicted octanol–water partition coefficient (Wildman–Crippen LogP) is 3.36. The first-order chi connectivity index (χ1) is 7.61. The molecule has 1 saturated carbocycles. The molecule has 1 aromatic carbocycles. The zero-order valence-electron chi connectivity index (χ0n) is 8.62. The van der Waals surface area contributed by atoms with Crippen molar-refractivity contribution in [3.05, 3.63) is 28.5 Å². The van der Waals surface area contributed by atoms with Crippen molar-refractivity contribution in [2.24, 2.45) is 0 Å². The monoisotopic (exact) mass is 308 g/mol. The molecule has 1 fully saturated rings. The Kier molecular flexibility index (Phi) is 3.72. The number of benzene rings is 1. The molecule has 1 aliphatic rings. The molecule has 0 heterocycles. The number of halogens is 3. The van der Waals surface area contributed by atoms with E-state index in [1.165, 1.54) is 12.1 Å². The number of methoxy groups -OCH3 is 1. The quantitative estimate of drug-likeness (QED) is 0.797. The van der Waals surface area contributed by atoms with Crippen LogP contribution < -0.4 is 4.74 Å². The van der Waals surface area contributed by atoms with Crippen LogP contribution in [0.1, 0.15) is 6.42 Å². The standard InChI is InChI=1S/C11H11BrClFO2/c1-15-11-8(13)5-10(11)16-9-3-2-6(14)4-7(9)12/h2-4,8,10-11H,5H2,1H3. The lowest BCUT2D eigenvalue weighted by atomic mass is 9.91. The molecule has 0 aliphatic heterocycles. The first kappa shape index (κ1) is 12.1. The summed E-state index contributed by atoms with van der Waals surface area (Å²) in [6.45, 7) is 0. The summed E-state index contributed by atoms with van der Waals surface area (Å²) in [6.07, 6.45) is 0.581. The minimum atomic E-state index is -0.300. The molecule has 2 nitrogen and oxygen atoms in total. The zero-order chi connectivity index (χ0) is 11.7. The molecule has 3 unspecified atom stereocenters. The van der Waals surface area contributed by atoms with Crippen molar-refractivity contribution in [3.63, 3.8) is 0 Å². The summed E-state index contributed by atoms with van der Waals surface area (Å²) in [7, 11) is 1.61. The van der Waals surface area contributed by atoms with E-state index in [4.69, 9.17) is 21.1 Å². The largest absolute Gasteiger partial charge is 0.486 e. The Balaban J connectivity index is 2.04. The van der Waals surface area contributed by atoms with Gasteiger partial charge in [-0.3, -0.25) is 0 Å². The number of alkyl halides is 1. The van der Waals surface area contributed by atoms with Gasteiger partial charge in [-0.05, 0) is 34.1 Å². The average Bonchev–Trinajstić information content (AvgIpc) is 2.21. The predicted molar refractivity (Wildman–Crippen MR) is 63.6 cm³/mol. The summed E-state index contributed by atoms with van der Waals surface area (Å²) in [6, 6.07) is 4.32. The third-order valence-corrected chi connectivity index (χ3v) is 3.67. The average molecular weight is 310 g/mol. The van der Waals surface area contributed by atoms with E-state index in [2.05, 4.69) is 15.9 Å². The van der Waals surface area contributed by atoms with Crippen molar-refractivity contribution in [2.75, 3.05) is 7.11 Å². The molecule has 3 atom stereocenters. The maximum Gasteiger partial charge on any atom is 0.134 e. The number of ether oxygens (including phenoxy) is 2. The van der Waals surface area contributed by atoms with Crippen LogP contribution in [0.25, 0.3) is 0 Å². The van der Waals surface area contributed by atoms with Crippen LogP contribution in [0.2, 0.25) is 0 Å². The zero-order valence-corrected chi connectivity index (χ0v) is 11.0. The van der Waals surface area contributed by atoms with E-state index >= 15 is 0 Å². The Bertz CT molecular complexity index is 388. The van der Waals surface area contributed by atoms with E-state index in [0.29, 0.717) is 10.2 Å². The fourth-order valence-corrected chi connectivity index (χ4v) is 2.56. The lowest BCUT2D eigenvalue weighted by molar-refractivity contribution is -0.0586. The molecule has 0 N–H and O–H groups in total. The van der Waals surface area contributed by atoms with Gasteiger partial charge in [-0.25, -0.2) is 4.39 Å². The minimum absolute atomic E-state index is 0.00535. The third-order valence-electron chi connectivity index (χ3n) is 2.62. The van der Waals surface area contributed by atoms with Crippen molar-refractivity contribution < 1.29 is 13.9 Å². The van der Waals surface area contributed by atoms with E-state index in [1.54, 1.807) is 13.2 Å². The van der Waals surface area contributed by atoms with Gasteiger partial charge in [0.25, 0.3) is 0 Å². The molecule has 88 valence electrons. The molecule has 0 amide bonds. The van der Waals surface area contributed by atoms with E-state index in [-0.39, 0.29) is 23.4 Å². The smallest absolute Gasteiger partial charge is 0.134 e. The van der Waals surface area contributed by atoms with Gasteiger partial charge in [-0.1, -0.05) is 0 Å². The van der Waals surface area contributed by atoms with Crippen LogP contribution in [0.15, 0.2) is 22.7 Å². The maximum absolute atomic E-state index is 12.9. The van der Waals surface area contributed by atoms with Gasteiger partial charge >= 0.3 is 0 Å². The maximum atomic E-state index is 12.9. The van der Waals surface area contributed by atoms with Crippen molar-refractivity contribution in [3.8, 4) is 5.75 Å². The second kappa shape index (κ2) is 4.90. The summed E-state index contributed by atoms with van der Waals surface area (Å²) in [4.78, 5) is 0. The van der Waals surface area contributed by atoms with Gasteiger partial charge in [0.2, 0.25) is 0 Å². The highest BCUT2D eigenvalue weighted by molar-refractivity contribution is 9.10. The van der Waals surface area contributed by atoms with Crippen LogP contribution in [0, 0.1) is 5.82 Å². The molecular weight excluding hydrogens is 298 g/mol. The molecule has 16 heavy (non-hydrogen) atoms. The third kappa shape index (κ3) is 2.34. The van der Waals surface area contributed by atoms with E-state index in [0.717, 1.165) is 6.42 Å². The molecule has 5 heteroatoms. The Morgan fingerprint density at radius 3 is 2.81 bits per heavy atom. The Morgan fingerprint density at radius 2 is 2.25 bits per heavy atom. The van der Waals surface area contributed by atoms with Crippen LogP contribution in [-0.4, -0.2) is 24.7 Å². The van der Waals surface area contributed by atoms with Crippen molar-refractivity contribution in [2.45, 2.75) is 24.0 Å². The van der Waals surface area contributed by atoms with E-state index < -0.39 is 0 Å². The van der Waals surface area contributed by atoms with Crippen LogP contribution in [0.5, 0.6) is 5.75 Å². The van der Waals surface area contributed by atoms with Gasteiger partial charge in [0.05, 0.1) is 9.85 Å². The van der Waals surface area contributed by atoms with Crippen LogP contribution in [0.4, 0.5) is 4.39 Å². The minimum Gasteiger partial charge on any atom is -0.486 e. The van der Waals surface area contributed by atoms with Gasteiger partial charge < -0.3 is 9.47 Å². The van der Waals surface area contributed by atoms with Gasteiger partial charge in [-0.2, -0.15) is 0 Å². The first-order valence-electron chi connectivity index (χ1n) is 4.90. The molecule has 0 radical (unpaired) electrons. The number of rotatable bonds is 3. The second-order valence-electron chi connectivity index (χ2n) is 3.68. The fourth-order valence-electron chi connectivity index (χ4n) is 1.68. The summed E-state index contributed by atoms with van der Waals surface area (Å²) in [5.41, 5.74) is 0. The number of hydrogen-bond acceptors (Lipinski definition) is 2. The summed E-state index contributed by atoms with van der Waals surface area (Å²) in [5.74, 6) is 0.309. The Labute approximate surface area is 107 Å². The molecule has 1 aliphatic carbocycles. The van der Waals surface area contributed by atoms with Crippen LogP contribution in [0.3, 0.4) is 0 Å². The number of hydrogen-bond donors (Lipinski definition) is 0. The van der Waals surface area contributed by atoms with E-state index in [9.17, 15) is 4.39 Å². The molecule has 0 spiro atoms. The molecule has 1 aromatic rings. The highest BCUT2D eigenvalue weighted by Gasteiger charge is 2.42. The topological polar surface area (TPSA) is 18.5 Å². The normalized spacial score (nSPS) is 28.6. The van der Waals surface area contributed by atoms with Gasteiger partial charge in [-0.15, -0.1) is 11.6 Å². The molecular formula is C11H11BrClFO2. The van der Waals surface area contributed by atoms with Crippen LogP contribution in [-0.2, 0) is 4.74 Å². The molecule has 0 aromatic heterocycles. The molecule has 0 saturated heterocycles. The fraction of sp³-hybridized carbons (Fsp3) is 0.455. The summed E-state index contributed by atoms with van der Waals surface area (Å²) in [5, 5.41) is -0.00535. The summed E-state index contributed by atoms with van der Waals surface area (Å²) >= 11 is 9.21. The van der Waals surface area contributed by atoms with Crippen molar-refractivity contribution in [1.29, 1.82) is 0 Å². The van der Waals surface area contributed by atoms with Gasteiger partial charge in [0.1, 0.15) is 23.8 Å². The van der Waals surface area contributed by atoms with Gasteiger partial charge in [0, 0.05) is 13.5 Å². The van der Waals surface area contributed by atoms with Crippen molar-refractivity contribution in [1.82, 2.24) is 0 Å². The Hall–Kier alpha value is -0.320. The second-order valence-corrected chi connectivity index (χ2v) is 5.10. The lowest BCUT2D eigenvalue weighted by Crippen LogP contribution is -2.52. The highest BCUT2D eigenvalue weighted by Crippen LogP contribution is 2.35. The van der Waals surface area contributed by atoms with Crippen LogP contribution >= 0.6 is 27.5 Å². The lowest BCUT2D eigenvalue weighted by Gasteiger charge is -2.39. The highest BCUT2D eigenvalue weighted by atomic mass is 79.9. The SMILES string of the molecule is COC1C(Cl)CC1Oc1ccc(F)cc1Br. The first-order valence-corrected chi connectivity index (χ1v) is 6.13. The van der Waals surface area contributed by atoms with Crippen molar-refractivity contribution >= 4 is 27.5 Å². The van der Waals surface area contributed by atoms with E-state index in [1.807, 2.05) is 0 Å². The molecule has 0 bridgehead atoms. The Morgan fingerprint density at radius 1 is 1.50 bits per heavy atom. The molecule has 2 rings (SSSR count). The van der Waals surface area contributed by atoms with Gasteiger partial charge in [0.15, 0.2) is 0 Å².